The van der Waals surface area contributed by atoms with Gasteiger partial charge in [0.2, 0.25) is 5.91 Å². The van der Waals surface area contributed by atoms with Crippen LogP contribution in [0.5, 0.6) is 0 Å². The largest absolute Gasteiger partial charge is 0.341 e. The maximum atomic E-state index is 13.3. The number of rotatable bonds is 3. The van der Waals surface area contributed by atoms with Crippen molar-refractivity contribution in [1.82, 2.24) is 24.7 Å². The van der Waals surface area contributed by atoms with E-state index in [9.17, 15) is 19.2 Å². The number of aromatic nitrogens is 2. The van der Waals surface area contributed by atoms with Crippen LogP contribution in [0.25, 0.3) is 11.0 Å². The maximum absolute atomic E-state index is 13.3. The molecule has 34 heavy (non-hydrogen) atoms. The molecule has 1 aromatic heterocycles. The van der Waals surface area contributed by atoms with Gasteiger partial charge in [0, 0.05) is 19.1 Å². The lowest BCUT2D eigenvalue weighted by molar-refractivity contribution is -0.141. The van der Waals surface area contributed by atoms with Gasteiger partial charge >= 0.3 is 11.7 Å². The van der Waals surface area contributed by atoms with Gasteiger partial charge in [0.05, 0.1) is 11.0 Å². The zero-order valence-electron chi connectivity index (χ0n) is 20.1. The number of likely N-dealkylation sites (tertiary alicyclic amines) is 1. The molecule has 2 saturated heterocycles. The van der Waals surface area contributed by atoms with Crippen molar-refractivity contribution >= 4 is 28.9 Å². The van der Waals surface area contributed by atoms with Gasteiger partial charge in [-0.3, -0.25) is 19.1 Å². The number of imide groups is 1. The number of hydrogen-bond donors (Lipinski definition) is 2. The van der Waals surface area contributed by atoms with E-state index < -0.39 is 11.6 Å². The second-order valence-corrected chi connectivity index (χ2v) is 11.2. The number of carbonyl (C=O) groups excluding carboxylic acids is 3. The maximum Gasteiger partial charge on any atom is 0.326 e. The molecule has 2 atom stereocenters. The van der Waals surface area contributed by atoms with Gasteiger partial charge in [-0.2, -0.15) is 0 Å². The molecule has 0 unspecified atom stereocenters. The number of amides is 4. The normalized spacial score (nSPS) is 27.6. The Kier molecular flexibility index (Phi) is 5.33. The number of nitrogens with zero attached hydrogens (tertiary/aromatic N) is 3. The molecular weight excluding hydrogens is 434 g/mol. The first-order valence-corrected chi connectivity index (χ1v) is 12.2. The van der Waals surface area contributed by atoms with Crippen LogP contribution in [0.15, 0.2) is 29.1 Å². The molecule has 3 fully saturated rings. The third kappa shape index (κ3) is 3.80. The Morgan fingerprint density at radius 1 is 1.09 bits per heavy atom. The summed E-state index contributed by atoms with van der Waals surface area (Å²) < 4.78 is 1.78. The van der Waals surface area contributed by atoms with Crippen molar-refractivity contribution in [2.24, 2.45) is 11.3 Å². The van der Waals surface area contributed by atoms with E-state index in [0.29, 0.717) is 44.7 Å². The van der Waals surface area contributed by atoms with Crippen molar-refractivity contribution in [2.75, 3.05) is 19.6 Å². The number of urea groups is 1. The van der Waals surface area contributed by atoms with Gasteiger partial charge in [-0.15, -0.1) is 0 Å². The van der Waals surface area contributed by atoms with E-state index in [1.54, 1.807) is 9.47 Å². The first-order valence-electron chi connectivity index (χ1n) is 12.2. The van der Waals surface area contributed by atoms with E-state index in [4.69, 9.17) is 0 Å². The highest BCUT2D eigenvalue weighted by molar-refractivity contribution is 6.09. The molecule has 9 heteroatoms. The minimum atomic E-state index is -0.901. The number of carbonyl (C=O) groups is 3. The fourth-order valence-corrected chi connectivity index (χ4v) is 6.70. The van der Waals surface area contributed by atoms with Crippen molar-refractivity contribution in [3.05, 3.63) is 34.7 Å². The molecular formula is C25H33N5O4. The van der Waals surface area contributed by atoms with Crippen LogP contribution in [0.2, 0.25) is 0 Å². The third-order valence-electron chi connectivity index (χ3n) is 7.72. The highest BCUT2D eigenvalue weighted by atomic mass is 16.2. The minimum Gasteiger partial charge on any atom is -0.341 e. The number of benzene rings is 1. The first kappa shape index (κ1) is 22.7. The van der Waals surface area contributed by atoms with E-state index >= 15 is 0 Å². The van der Waals surface area contributed by atoms with Crippen molar-refractivity contribution in [3.63, 3.8) is 0 Å². The van der Waals surface area contributed by atoms with Crippen LogP contribution in [-0.4, -0.2) is 62.4 Å². The predicted molar refractivity (Wildman–Crippen MR) is 127 cm³/mol. The Morgan fingerprint density at radius 2 is 1.79 bits per heavy atom. The Balaban J connectivity index is 1.24. The lowest BCUT2D eigenvalue weighted by Crippen LogP contribution is -2.54. The van der Waals surface area contributed by atoms with Crippen LogP contribution < -0.4 is 11.0 Å². The number of H-pyrrole nitrogens is 1. The van der Waals surface area contributed by atoms with Gasteiger partial charge in [0.1, 0.15) is 12.1 Å². The lowest BCUT2D eigenvalue weighted by atomic mass is 9.64. The summed E-state index contributed by atoms with van der Waals surface area (Å²) in [5, 5.41) is 2.94. The molecule has 2 N–H and O–H groups in total. The topological polar surface area (TPSA) is 108 Å². The van der Waals surface area contributed by atoms with Crippen LogP contribution in [-0.2, 0) is 9.59 Å². The quantitative estimate of drug-likeness (QED) is 0.677. The number of hydrogen-bond acceptors (Lipinski definition) is 4. The summed E-state index contributed by atoms with van der Waals surface area (Å²) in [6.45, 7) is 7.09. The van der Waals surface area contributed by atoms with Crippen LogP contribution in [0.4, 0.5) is 4.79 Å². The lowest BCUT2D eigenvalue weighted by Gasteiger charge is -2.43. The Morgan fingerprint density at radius 3 is 2.50 bits per heavy atom. The zero-order valence-corrected chi connectivity index (χ0v) is 20.1. The van der Waals surface area contributed by atoms with E-state index in [2.05, 4.69) is 31.1 Å². The summed E-state index contributed by atoms with van der Waals surface area (Å²) in [7, 11) is 0. The molecule has 1 saturated carbocycles. The van der Waals surface area contributed by atoms with Gasteiger partial charge in [0.15, 0.2) is 0 Å². The van der Waals surface area contributed by atoms with Gasteiger partial charge in [-0.25, -0.2) is 9.59 Å². The molecule has 4 amide bonds. The van der Waals surface area contributed by atoms with Crippen LogP contribution in [0, 0.1) is 11.3 Å². The summed E-state index contributed by atoms with van der Waals surface area (Å²) in [6.07, 6.45) is 3.48. The summed E-state index contributed by atoms with van der Waals surface area (Å²) in [5.41, 5.74) is 0.580. The Hall–Kier alpha value is -3.10. The average Bonchev–Trinajstić information content (AvgIpc) is 3.20. The molecule has 2 aromatic rings. The molecule has 5 rings (SSSR count). The average molecular weight is 468 g/mol. The van der Waals surface area contributed by atoms with Crippen molar-refractivity contribution in [2.45, 2.75) is 64.5 Å². The van der Waals surface area contributed by atoms with Crippen LogP contribution in [0.1, 0.15) is 58.9 Å². The number of fused-ring (bicyclic) bond motifs is 1. The van der Waals surface area contributed by atoms with Crippen molar-refractivity contribution in [3.8, 4) is 0 Å². The Labute approximate surface area is 198 Å². The van der Waals surface area contributed by atoms with E-state index in [1.165, 1.54) is 0 Å². The molecule has 1 spiro atoms. The summed E-state index contributed by atoms with van der Waals surface area (Å²) >= 11 is 0. The van der Waals surface area contributed by atoms with Gasteiger partial charge in [-0.05, 0) is 55.6 Å². The van der Waals surface area contributed by atoms with Gasteiger partial charge in [0.25, 0.3) is 5.91 Å². The molecule has 3 heterocycles. The van der Waals surface area contributed by atoms with E-state index in [0.717, 1.165) is 22.4 Å². The summed E-state index contributed by atoms with van der Waals surface area (Å²) in [4.78, 5) is 57.4. The molecule has 9 nitrogen and oxygen atoms in total. The summed E-state index contributed by atoms with van der Waals surface area (Å²) in [5.74, 6) is -0.185. The van der Waals surface area contributed by atoms with E-state index in [1.807, 2.05) is 24.3 Å². The highest BCUT2D eigenvalue weighted by Gasteiger charge is 2.56. The second kappa shape index (κ2) is 7.99. The zero-order chi connectivity index (χ0) is 24.3. The molecule has 2 aliphatic heterocycles. The standard InChI is InChI=1S/C25H33N5O4/c1-16-12-24(2,3)15-25(13-16)21(32)29(23(34)27-25)14-20(31)28-10-8-17(9-11-28)30-19-7-5-4-6-18(19)26-22(30)33/h4-7,16-17H,8-15H2,1-3H3,(H,26,33)(H,27,34)/t16-,25-/m1/s1. The number of piperidine rings is 1. The second-order valence-electron chi connectivity index (χ2n) is 11.2. The number of nitrogens with one attached hydrogen (secondary N) is 2. The molecule has 3 aliphatic rings. The highest BCUT2D eigenvalue weighted by Crippen LogP contribution is 2.46. The predicted octanol–water partition coefficient (Wildman–Crippen LogP) is 2.63. The van der Waals surface area contributed by atoms with E-state index in [-0.39, 0.29) is 35.5 Å². The smallest absolute Gasteiger partial charge is 0.326 e. The fourth-order valence-electron chi connectivity index (χ4n) is 6.70. The van der Waals surface area contributed by atoms with Crippen molar-refractivity contribution < 1.29 is 14.4 Å². The number of imidazole rings is 1. The third-order valence-corrected chi connectivity index (χ3v) is 7.72. The SMILES string of the molecule is C[C@@H]1CC(C)(C)C[C@@]2(C1)NC(=O)N(CC(=O)N1CCC(n3c(=O)[nH]c4ccccc43)CC1)C2=O. The molecule has 0 radical (unpaired) electrons. The molecule has 182 valence electrons. The minimum absolute atomic E-state index is 0.00126. The van der Waals surface area contributed by atoms with Gasteiger partial charge in [-0.1, -0.05) is 32.9 Å². The first-order chi connectivity index (χ1) is 16.1. The number of para-hydroxylation sites is 2. The fraction of sp³-hybridized carbons (Fsp3) is 0.600. The number of aromatic amines is 1. The molecule has 0 bridgehead atoms. The molecule has 1 aromatic carbocycles. The summed E-state index contributed by atoms with van der Waals surface area (Å²) in [6, 6.07) is 7.13. The van der Waals surface area contributed by atoms with Gasteiger partial charge < -0.3 is 15.2 Å². The molecule has 1 aliphatic carbocycles. The van der Waals surface area contributed by atoms with Crippen LogP contribution >= 0.6 is 0 Å². The van der Waals surface area contributed by atoms with Crippen molar-refractivity contribution in [1.29, 1.82) is 0 Å². The Bertz CT molecular complexity index is 1210. The van der Waals surface area contributed by atoms with Crippen LogP contribution in [0.3, 0.4) is 0 Å². The monoisotopic (exact) mass is 467 g/mol.